The Morgan fingerprint density at radius 2 is 1.90 bits per heavy atom. The van der Waals surface area contributed by atoms with Crippen LogP contribution < -0.4 is 16.4 Å². The number of rotatable bonds is 3. The second kappa shape index (κ2) is 5.25. The highest BCUT2D eigenvalue weighted by atomic mass is 16.1. The maximum Gasteiger partial charge on any atom is 0.224 e. The summed E-state index contributed by atoms with van der Waals surface area (Å²) < 4.78 is 0. The van der Waals surface area contributed by atoms with Gasteiger partial charge in [-0.25, -0.2) is 0 Å². The number of anilines is 3. The quantitative estimate of drug-likeness (QED) is 0.749. The molecule has 4 nitrogen and oxygen atoms in total. The summed E-state index contributed by atoms with van der Waals surface area (Å²) in [6, 6.07) is 13.9. The lowest BCUT2D eigenvalue weighted by Crippen LogP contribution is -2.18. The summed E-state index contributed by atoms with van der Waals surface area (Å²) in [4.78, 5) is 11.3. The Kier molecular flexibility index (Phi) is 3.29. The van der Waals surface area contributed by atoms with E-state index in [9.17, 15) is 4.79 Å². The Bertz CT molecular complexity index is 635. The van der Waals surface area contributed by atoms with Gasteiger partial charge in [-0.3, -0.25) is 4.79 Å². The predicted octanol–water partition coefficient (Wildman–Crippen LogP) is 2.77. The molecule has 2 aromatic rings. The van der Waals surface area contributed by atoms with Gasteiger partial charge in [0.15, 0.2) is 0 Å². The van der Waals surface area contributed by atoms with E-state index in [1.807, 2.05) is 36.4 Å². The van der Waals surface area contributed by atoms with Gasteiger partial charge in [-0.2, -0.15) is 0 Å². The molecule has 1 aliphatic rings. The molecule has 0 bridgehead atoms. The molecule has 0 fully saturated rings. The van der Waals surface area contributed by atoms with E-state index in [-0.39, 0.29) is 5.91 Å². The second-order valence-corrected chi connectivity index (χ2v) is 5.02. The molecule has 4 N–H and O–H groups in total. The minimum absolute atomic E-state index is 0.0973. The Morgan fingerprint density at radius 1 is 1.10 bits per heavy atom. The van der Waals surface area contributed by atoms with Crippen molar-refractivity contribution in [2.24, 2.45) is 0 Å². The molecule has 0 atom stereocenters. The smallest absolute Gasteiger partial charge is 0.224 e. The number of carbonyl (C=O) groups excluding carboxylic acids is 1. The van der Waals surface area contributed by atoms with E-state index in [1.165, 1.54) is 11.1 Å². The zero-order valence-electron chi connectivity index (χ0n) is 11.1. The molecule has 0 radical (unpaired) electrons. The maximum absolute atomic E-state index is 11.3. The first-order valence-electron chi connectivity index (χ1n) is 6.72. The first-order valence-corrected chi connectivity index (χ1v) is 6.72. The Hall–Kier alpha value is -2.49. The third kappa shape index (κ3) is 2.74. The van der Waals surface area contributed by atoms with Gasteiger partial charge in [-0.05, 0) is 47.9 Å². The van der Waals surface area contributed by atoms with Crippen LogP contribution in [0.25, 0.3) is 0 Å². The number of nitrogens with one attached hydrogen (secondary N) is 2. The largest absolute Gasteiger partial charge is 0.399 e. The van der Waals surface area contributed by atoms with Gasteiger partial charge in [-0.1, -0.05) is 12.1 Å². The van der Waals surface area contributed by atoms with E-state index in [0.717, 1.165) is 30.0 Å². The van der Waals surface area contributed by atoms with Gasteiger partial charge in [-0.15, -0.1) is 0 Å². The lowest BCUT2D eigenvalue weighted by molar-refractivity contribution is -0.116. The SMILES string of the molecule is Nc1ccc(CNc2ccc3c(c2)CCC(=O)N3)cc1. The van der Waals surface area contributed by atoms with Crippen molar-refractivity contribution in [3.05, 3.63) is 53.6 Å². The first kappa shape index (κ1) is 12.5. The number of aryl methyl sites for hydroxylation is 1. The fourth-order valence-corrected chi connectivity index (χ4v) is 2.33. The van der Waals surface area contributed by atoms with E-state index >= 15 is 0 Å². The van der Waals surface area contributed by atoms with Crippen molar-refractivity contribution in [3.8, 4) is 0 Å². The van der Waals surface area contributed by atoms with Gasteiger partial charge in [0.25, 0.3) is 0 Å². The molecule has 3 rings (SSSR count). The summed E-state index contributed by atoms with van der Waals surface area (Å²) >= 11 is 0. The molecule has 4 heteroatoms. The molecule has 0 spiro atoms. The third-order valence-corrected chi connectivity index (χ3v) is 3.48. The average Bonchev–Trinajstić information content (AvgIpc) is 2.46. The topological polar surface area (TPSA) is 67.1 Å². The highest BCUT2D eigenvalue weighted by Crippen LogP contribution is 2.25. The Balaban J connectivity index is 1.69. The van der Waals surface area contributed by atoms with Crippen molar-refractivity contribution < 1.29 is 4.79 Å². The van der Waals surface area contributed by atoms with Gasteiger partial charge in [0.2, 0.25) is 5.91 Å². The molecule has 1 amide bonds. The van der Waals surface area contributed by atoms with Gasteiger partial charge in [0, 0.05) is 30.0 Å². The summed E-state index contributed by atoms with van der Waals surface area (Å²) in [5.41, 5.74) is 10.8. The monoisotopic (exact) mass is 267 g/mol. The van der Waals surface area contributed by atoms with Crippen molar-refractivity contribution in [1.82, 2.24) is 0 Å². The van der Waals surface area contributed by atoms with Crippen LogP contribution in [0.2, 0.25) is 0 Å². The molecule has 102 valence electrons. The Morgan fingerprint density at radius 3 is 2.70 bits per heavy atom. The third-order valence-electron chi connectivity index (χ3n) is 3.48. The van der Waals surface area contributed by atoms with Crippen LogP contribution in [0, 0.1) is 0 Å². The molecule has 0 saturated heterocycles. The molecule has 0 aromatic heterocycles. The summed E-state index contributed by atoms with van der Waals surface area (Å²) in [6.07, 6.45) is 1.37. The minimum Gasteiger partial charge on any atom is -0.399 e. The van der Waals surface area contributed by atoms with Gasteiger partial charge in [0.05, 0.1) is 0 Å². The summed E-state index contributed by atoms with van der Waals surface area (Å²) in [7, 11) is 0. The molecule has 0 aliphatic carbocycles. The van der Waals surface area contributed by atoms with Crippen LogP contribution in [-0.2, 0) is 17.8 Å². The molecule has 1 heterocycles. The van der Waals surface area contributed by atoms with Crippen molar-refractivity contribution in [2.75, 3.05) is 16.4 Å². The van der Waals surface area contributed by atoms with Crippen molar-refractivity contribution in [1.29, 1.82) is 0 Å². The van der Waals surface area contributed by atoms with E-state index in [1.54, 1.807) is 0 Å². The van der Waals surface area contributed by atoms with E-state index in [2.05, 4.69) is 16.7 Å². The van der Waals surface area contributed by atoms with Gasteiger partial charge < -0.3 is 16.4 Å². The van der Waals surface area contributed by atoms with Crippen molar-refractivity contribution >= 4 is 23.0 Å². The lowest BCUT2D eigenvalue weighted by atomic mass is 10.0. The summed E-state index contributed by atoms with van der Waals surface area (Å²) in [6.45, 7) is 0.755. The molecule has 1 aliphatic heterocycles. The second-order valence-electron chi connectivity index (χ2n) is 5.02. The maximum atomic E-state index is 11.3. The zero-order valence-corrected chi connectivity index (χ0v) is 11.1. The number of benzene rings is 2. The molecular formula is C16H17N3O. The lowest BCUT2D eigenvalue weighted by Gasteiger charge is -2.18. The van der Waals surface area contributed by atoms with Crippen LogP contribution in [0.4, 0.5) is 17.1 Å². The number of nitrogen functional groups attached to an aromatic ring is 1. The predicted molar refractivity (Wildman–Crippen MR) is 81.6 cm³/mol. The number of fused-ring (bicyclic) bond motifs is 1. The number of nitrogens with two attached hydrogens (primary N) is 1. The molecular weight excluding hydrogens is 250 g/mol. The van der Waals surface area contributed by atoms with Crippen LogP contribution in [-0.4, -0.2) is 5.91 Å². The fraction of sp³-hybridized carbons (Fsp3) is 0.188. The minimum atomic E-state index is 0.0973. The number of hydrogen-bond donors (Lipinski definition) is 3. The van der Waals surface area contributed by atoms with Crippen LogP contribution in [0.5, 0.6) is 0 Å². The number of carbonyl (C=O) groups is 1. The average molecular weight is 267 g/mol. The summed E-state index contributed by atoms with van der Waals surface area (Å²) in [5.74, 6) is 0.0973. The fourth-order valence-electron chi connectivity index (χ4n) is 2.33. The van der Waals surface area contributed by atoms with Crippen LogP contribution in [0.15, 0.2) is 42.5 Å². The molecule has 20 heavy (non-hydrogen) atoms. The van der Waals surface area contributed by atoms with E-state index in [0.29, 0.717) is 6.42 Å². The molecule has 0 unspecified atom stereocenters. The first-order chi connectivity index (χ1) is 9.70. The van der Waals surface area contributed by atoms with Crippen molar-refractivity contribution in [2.45, 2.75) is 19.4 Å². The van der Waals surface area contributed by atoms with Crippen LogP contribution >= 0.6 is 0 Å². The van der Waals surface area contributed by atoms with Crippen molar-refractivity contribution in [3.63, 3.8) is 0 Å². The standard InChI is InChI=1S/C16H17N3O/c17-13-4-1-11(2-5-13)10-18-14-6-7-15-12(9-14)3-8-16(20)19-15/h1-2,4-7,9,18H,3,8,10,17H2,(H,19,20). The number of amides is 1. The van der Waals surface area contributed by atoms with Gasteiger partial charge in [0.1, 0.15) is 0 Å². The Labute approximate surface area is 118 Å². The molecule has 2 aromatic carbocycles. The van der Waals surface area contributed by atoms with Crippen LogP contribution in [0.1, 0.15) is 17.5 Å². The van der Waals surface area contributed by atoms with Gasteiger partial charge >= 0.3 is 0 Å². The zero-order chi connectivity index (χ0) is 13.9. The summed E-state index contributed by atoms with van der Waals surface area (Å²) in [5, 5.41) is 6.27. The normalized spacial score (nSPS) is 13.5. The highest BCUT2D eigenvalue weighted by Gasteiger charge is 2.14. The molecule has 0 saturated carbocycles. The van der Waals surface area contributed by atoms with E-state index in [4.69, 9.17) is 5.73 Å². The highest BCUT2D eigenvalue weighted by molar-refractivity contribution is 5.94. The number of hydrogen-bond acceptors (Lipinski definition) is 3. The van der Waals surface area contributed by atoms with E-state index < -0.39 is 0 Å². The van der Waals surface area contributed by atoms with Crippen LogP contribution in [0.3, 0.4) is 0 Å².